The standard InChI is InChI=1S/C25H24N2O4S/c28-23(14-32-15-24(29)30)26-11-16-9-20(13-26)22-8-7-21(25(31)27(22)12-16)19-6-5-17-3-1-2-4-18(17)10-19/h1-8,10,16,20H,9,11-15H2,(H,29,30)/t16-,20+/m0/s1. The number of carboxylic acids is 1. The molecule has 2 aromatic carbocycles. The van der Waals surface area contributed by atoms with Gasteiger partial charge in [0.1, 0.15) is 0 Å². The second kappa shape index (κ2) is 8.47. The molecule has 0 saturated carbocycles. The Morgan fingerprint density at radius 1 is 0.969 bits per heavy atom. The molecule has 2 aliphatic heterocycles. The van der Waals surface area contributed by atoms with E-state index in [1.54, 1.807) is 0 Å². The number of fused-ring (bicyclic) bond motifs is 5. The van der Waals surface area contributed by atoms with Gasteiger partial charge in [-0.3, -0.25) is 14.4 Å². The number of thioether (sulfide) groups is 1. The van der Waals surface area contributed by atoms with Crippen molar-refractivity contribution in [1.82, 2.24) is 9.47 Å². The second-order valence-electron chi connectivity index (χ2n) is 8.63. The van der Waals surface area contributed by atoms with Crippen molar-refractivity contribution in [3.8, 4) is 11.1 Å². The number of aromatic nitrogens is 1. The molecule has 0 spiro atoms. The molecule has 2 bridgehead atoms. The maximum Gasteiger partial charge on any atom is 0.313 e. The molecule has 2 atom stereocenters. The number of hydrogen-bond acceptors (Lipinski definition) is 4. The van der Waals surface area contributed by atoms with Gasteiger partial charge in [0.05, 0.1) is 11.5 Å². The third-order valence-corrected chi connectivity index (χ3v) is 7.37. The molecule has 1 amide bonds. The van der Waals surface area contributed by atoms with Gasteiger partial charge in [0.15, 0.2) is 0 Å². The van der Waals surface area contributed by atoms with Crippen molar-refractivity contribution >= 4 is 34.4 Å². The molecule has 1 saturated heterocycles. The highest BCUT2D eigenvalue weighted by Crippen LogP contribution is 2.36. The Morgan fingerprint density at radius 2 is 1.78 bits per heavy atom. The summed E-state index contributed by atoms with van der Waals surface area (Å²) in [5.41, 5.74) is 2.65. The first-order chi connectivity index (χ1) is 15.5. The summed E-state index contributed by atoms with van der Waals surface area (Å²) >= 11 is 1.13. The largest absolute Gasteiger partial charge is 0.481 e. The summed E-state index contributed by atoms with van der Waals surface area (Å²) < 4.78 is 1.91. The van der Waals surface area contributed by atoms with Gasteiger partial charge in [0.2, 0.25) is 5.91 Å². The fourth-order valence-corrected chi connectivity index (χ4v) is 5.68. The maximum atomic E-state index is 13.4. The predicted molar refractivity (Wildman–Crippen MR) is 126 cm³/mol. The molecule has 1 N–H and O–H groups in total. The van der Waals surface area contributed by atoms with E-state index in [4.69, 9.17) is 5.11 Å². The van der Waals surface area contributed by atoms with Crippen LogP contribution in [0.25, 0.3) is 21.9 Å². The van der Waals surface area contributed by atoms with Gasteiger partial charge in [-0.2, -0.15) is 0 Å². The average Bonchev–Trinajstić information content (AvgIpc) is 2.79. The number of likely N-dealkylation sites (tertiary alicyclic amines) is 1. The van der Waals surface area contributed by atoms with Gasteiger partial charge in [-0.1, -0.05) is 36.4 Å². The first-order valence-electron chi connectivity index (χ1n) is 10.8. The van der Waals surface area contributed by atoms with E-state index in [1.807, 2.05) is 39.8 Å². The van der Waals surface area contributed by atoms with Gasteiger partial charge < -0.3 is 14.6 Å². The fraction of sp³-hybridized carbons (Fsp3) is 0.320. The third-order valence-electron chi connectivity index (χ3n) is 6.47. The lowest BCUT2D eigenvalue weighted by Gasteiger charge is -2.43. The number of nitrogens with zero attached hydrogens (tertiary/aromatic N) is 2. The van der Waals surface area contributed by atoms with E-state index < -0.39 is 5.97 Å². The number of benzene rings is 2. The van der Waals surface area contributed by atoms with Crippen molar-refractivity contribution in [3.05, 3.63) is 70.6 Å². The number of carbonyl (C=O) groups excluding carboxylic acids is 1. The van der Waals surface area contributed by atoms with Gasteiger partial charge in [-0.05, 0) is 46.9 Å². The SMILES string of the molecule is O=C(O)CSCC(=O)N1C[C@@H]2C[C@H](C1)c1ccc(-c3ccc4ccccc4c3)c(=O)n1C2. The molecule has 0 radical (unpaired) electrons. The first kappa shape index (κ1) is 20.8. The van der Waals surface area contributed by atoms with Crippen molar-refractivity contribution < 1.29 is 14.7 Å². The monoisotopic (exact) mass is 448 g/mol. The minimum atomic E-state index is -0.908. The lowest BCUT2D eigenvalue weighted by atomic mass is 9.82. The van der Waals surface area contributed by atoms with Crippen molar-refractivity contribution in [2.24, 2.45) is 5.92 Å². The zero-order valence-electron chi connectivity index (χ0n) is 17.6. The number of carbonyl (C=O) groups is 2. The van der Waals surface area contributed by atoms with E-state index in [1.165, 1.54) is 0 Å². The van der Waals surface area contributed by atoms with Crippen LogP contribution in [0, 0.1) is 5.92 Å². The molecule has 1 aromatic heterocycles. The van der Waals surface area contributed by atoms with E-state index in [0.717, 1.165) is 40.2 Å². The first-order valence-corrected chi connectivity index (χ1v) is 12.0. The number of amides is 1. The van der Waals surface area contributed by atoms with E-state index in [0.29, 0.717) is 25.2 Å². The molecular formula is C25H24N2O4S. The summed E-state index contributed by atoms with van der Waals surface area (Å²) in [6.07, 6.45) is 0.973. The van der Waals surface area contributed by atoms with Crippen molar-refractivity contribution in [2.45, 2.75) is 18.9 Å². The highest BCUT2D eigenvalue weighted by atomic mass is 32.2. The highest BCUT2D eigenvalue weighted by molar-refractivity contribution is 8.00. The summed E-state index contributed by atoms with van der Waals surface area (Å²) in [6.45, 7) is 1.81. The van der Waals surface area contributed by atoms with Crippen LogP contribution in [-0.4, -0.2) is 51.0 Å². The van der Waals surface area contributed by atoms with Crippen LogP contribution in [0.4, 0.5) is 0 Å². The van der Waals surface area contributed by atoms with Crippen molar-refractivity contribution in [1.29, 1.82) is 0 Å². The van der Waals surface area contributed by atoms with Crippen LogP contribution in [0.15, 0.2) is 59.4 Å². The minimum Gasteiger partial charge on any atom is -0.481 e. The normalized spacial score (nSPS) is 19.6. The van der Waals surface area contributed by atoms with Crippen molar-refractivity contribution in [2.75, 3.05) is 24.6 Å². The highest BCUT2D eigenvalue weighted by Gasteiger charge is 2.36. The van der Waals surface area contributed by atoms with Gasteiger partial charge >= 0.3 is 5.97 Å². The topological polar surface area (TPSA) is 79.6 Å². The number of pyridine rings is 1. The van der Waals surface area contributed by atoms with Crippen LogP contribution in [0.1, 0.15) is 18.0 Å². The lowest BCUT2D eigenvalue weighted by molar-refractivity contribution is -0.133. The summed E-state index contributed by atoms with van der Waals surface area (Å²) in [6, 6.07) is 18.2. The van der Waals surface area contributed by atoms with Gasteiger partial charge in [-0.25, -0.2) is 0 Å². The zero-order chi connectivity index (χ0) is 22.2. The Hall–Kier alpha value is -3.06. The summed E-state index contributed by atoms with van der Waals surface area (Å²) in [4.78, 5) is 38.6. The van der Waals surface area contributed by atoms with Crippen LogP contribution in [0.2, 0.25) is 0 Å². The van der Waals surface area contributed by atoms with Crippen LogP contribution in [-0.2, 0) is 16.1 Å². The quantitative estimate of drug-likeness (QED) is 0.647. The van der Waals surface area contributed by atoms with Crippen LogP contribution in [0.3, 0.4) is 0 Å². The minimum absolute atomic E-state index is 0.0190. The molecule has 32 heavy (non-hydrogen) atoms. The molecule has 0 aliphatic carbocycles. The van der Waals surface area contributed by atoms with E-state index >= 15 is 0 Å². The van der Waals surface area contributed by atoms with Crippen LogP contribution >= 0.6 is 11.8 Å². The molecule has 164 valence electrons. The number of rotatable bonds is 5. The van der Waals surface area contributed by atoms with E-state index in [9.17, 15) is 14.4 Å². The van der Waals surface area contributed by atoms with Crippen LogP contribution < -0.4 is 5.56 Å². The Morgan fingerprint density at radius 3 is 2.59 bits per heavy atom. The summed E-state index contributed by atoms with van der Waals surface area (Å²) in [5, 5.41) is 11.0. The Kier molecular flexibility index (Phi) is 5.51. The van der Waals surface area contributed by atoms with Gasteiger partial charge in [0, 0.05) is 36.8 Å². The fourth-order valence-electron chi connectivity index (χ4n) is 5.04. The van der Waals surface area contributed by atoms with Crippen molar-refractivity contribution in [3.63, 3.8) is 0 Å². The summed E-state index contributed by atoms with van der Waals surface area (Å²) in [5.74, 6) is -0.446. The van der Waals surface area contributed by atoms with Gasteiger partial charge in [0.25, 0.3) is 5.56 Å². The molecule has 6 nitrogen and oxygen atoms in total. The molecule has 1 fully saturated rings. The smallest absolute Gasteiger partial charge is 0.313 e. The lowest BCUT2D eigenvalue weighted by Crippen LogP contribution is -2.49. The Labute approximate surface area is 189 Å². The summed E-state index contributed by atoms with van der Waals surface area (Å²) in [7, 11) is 0. The molecule has 3 aromatic rings. The molecule has 0 unspecified atom stereocenters. The molecule has 5 rings (SSSR count). The Bertz CT molecular complexity index is 1270. The molecule has 7 heteroatoms. The maximum absolute atomic E-state index is 13.4. The molecule has 3 heterocycles. The number of hydrogen-bond donors (Lipinski definition) is 1. The second-order valence-corrected chi connectivity index (χ2v) is 9.62. The van der Waals surface area contributed by atoms with E-state index in [2.05, 4.69) is 24.3 Å². The third kappa shape index (κ3) is 3.93. The zero-order valence-corrected chi connectivity index (χ0v) is 18.4. The molecular weight excluding hydrogens is 424 g/mol. The number of piperidine rings is 1. The average molecular weight is 449 g/mol. The predicted octanol–water partition coefficient (Wildman–Crippen LogP) is 3.43. The van der Waals surface area contributed by atoms with E-state index in [-0.39, 0.29) is 34.8 Å². The molecule has 2 aliphatic rings. The Balaban J connectivity index is 1.40. The van der Waals surface area contributed by atoms with Crippen LogP contribution in [0.5, 0.6) is 0 Å². The number of aliphatic carboxylic acids is 1. The van der Waals surface area contributed by atoms with Gasteiger partial charge in [-0.15, -0.1) is 11.8 Å². The number of carboxylic acid groups (broad SMARTS) is 1.